The summed E-state index contributed by atoms with van der Waals surface area (Å²) in [5.74, 6) is -0.537. The van der Waals surface area contributed by atoms with Crippen molar-refractivity contribution in [3.05, 3.63) is 72.1 Å². The van der Waals surface area contributed by atoms with E-state index >= 15 is 0 Å². The molecule has 7 heteroatoms. The average Bonchev–Trinajstić information content (AvgIpc) is 2.71. The third-order valence-corrected chi connectivity index (χ3v) is 3.74. The van der Waals surface area contributed by atoms with Crippen molar-refractivity contribution in [2.24, 2.45) is 0 Å². The number of amides is 1. The number of hydrogen-bond donors (Lipinski definition) is 1. The van der Waals surface area contributed by atoms with Gasteiger partial charge in [0.15, 0.2) is 18.1 Å². The van der Waals surface area contributed by atoms with Gasteiger partial charge in [-0.1, -0.05) is 24.8 Å². The molecule has 28 heavy (non-hydrogen) atoms. The molecule has 2 rings (SSSR count). The molecule has 0 aliphatic heterocycles. The summed E-state index contributed by atoms with van der Waals surface area (Å²) in [5.41, 5.74) is 1.13. The highest BCUT2D eigenvalue weighted by Gasteiger charge is 2.14. The van der Waals surface area contributed by atoms with E-state index in [1.807, 2.05) is 0 Å². The smallest absolute Gasteiger partial charge is 0.338 e. The summed E-state index contributed by atoms with van der Waals surface area (Å²) >= 11 is 0. The molecule has 148 valence electrons. The topological polar surface area (TPSA) is 73.9 Å². The Morgan fingerprint density at radius 1 is 1.14 bits per heavy atom. The Kier molecular flexibility index (Phi) is 8.02. The average molecular weight is 387 g/mol. The van der Waals surface area contributed by atoms with Crippen molar-refractivity contribution in [2.45, 2.75) is 6.42 Å². The largest absolute Gasteiger partial charge is 0.493 e. The van der Waals surface area contributed by atoms with Gasteiger partial charge in [-0.05, 0) is 42.3 Å². The van der Waals surface area contributed by atoms with Crippen LogP contribution >= 0.6 is 0 Å². The summed E-state index contributed by atoms with van der Waals surface area (Å²) in [6.45, 7) is 3.82. The number of ether oxygens (including phenoxy) is 3. The van der Waals surface area contributed by atoms with E-state index in [9.17, 15) is 14.0 Å². The van der Waals surface area contributed by atoms with Crippen LogP contribution < -0.4 is 14.8 Å². The van der Waals surface area contributed by atoms with E-state index in [2.05, 4.69) is 11.9 Å². The van der Waals surface area contributed by atoms with E-state index in [0.29, 0.717) is 31.1 Å². The van der Waals surface area contributed by atoms with Crippen LogP contribution in [0, 0.1) is 5.82 Å². The third-order valence-electron chi connectivity index (χ3n) is 3.74. The van der Waals surface area contributed by atoms with Gasteiger partial charge in [-0.25, -0.2) is 9.18 Å². The van der Waals surface area contributed by atoms with Crippen molar-refractivity contribution >= 4 is 11.9 Å². The van der Waals surface area contributed by atoms with Crippen molar-refractivity contribution in [3.63, 3.8) is 0 Å². The minimum absolute atomic E-state index is 0.238. The number of halogens is 1. The lowest BCUT2D eigenvalue weighted by Gasteiger charge is -2.11. The fourth-order valence-electron chi connectivity index (χ4n) is 2.33. The van der Waals surface area contributed by atoms with E-state index in [1.54, 1.807) is 24.3 Å². The van der Waals surface area contributed by atoms with Crippen LogP contribution in [0.15, 0.2) is 55.1 Å². The highest BCUT2D eigenvalue weighted by Crippen LogP contribution is 2.28. The molecule has 1 amide bonds. The Morgan fingerprint density at radius 2 is 1.89 bits per heavy atom. The molecule has 0 fully saturated rings. The van der Waals surface area contributed by atoms with E-state index in [0.717, 1.165) is 5.56 Å². The molecule has 0 aliphatic carbocycles. The van der Waals surface area contributed by atoms with Crippen molar-refractivity contribution in [2.75, 3.05) is 26.9 Å². The maximum absolute atomic E-state index is 12.8. The van der Waals surface area contributed by atoms with Crippen molar-refractivity contribution in [3.8, 4) is 11.5 Å². The normalized spacial score (nSPS) is 10.1. The number of carbonyl (C=O) groups excluding carboxylic acids is 2. The standard InChI is InChI=1S/C21H22FNO5/c1-3-12-27-18-9-6-16(13-19(18)26-2)21(25)28-14-20(24)23-11-10-15-4-7-17(22)8-5-15/h3-9,13H,1,10-12,14H2,2H3,(H,23,24). The molecule has 0 bridgehead atoms. The lowest BCUT2D eigenvalue weighted by molar-refractivity contribution is -0.124. The SMILES string of the molecule is C=CCOc1ccc(C(=O)OCC(=O)NCCc2ccc(F)cc2)cc1OC. The predicted octanol–water partition coefficient (Wildman–Crippen LogP) is 2.91. The van der Waals surface area contributed by atoms with Crippen LogP contribution in [-0.4, -0.2) is 38.7 Å². The van der Waals surface area contributed by atoms with Crippen LogP contribution in [0.5, 0.6) is 11.5 Å². The number of rotatable bonds is 10. The second-order valence-electron chi connectivity index (χ2n) is 5.77. The first-order valence-electron chi connectivity index (χ1n) is 8.63. The van der Waals surface area contributed by atoms with Gasteiger partial charge in [-0.15, -0.1) is 0 Å². The van der Waals surface area contributed by atoms with Crippen LogP contribution in [0.2, 0.25) is 0 Å². The molecule has 0 radical (unpaired) electrons. The van der Waals surface area contributed by atoms with Gasteiger partial charge in [0.1, 0.15) is 12.4 Å². The number of esters is 1. The number of benzene rings is 2. The minimum Gasteiger partial charge on any atom is -0.493 e. The van der Waals surface area contributed by atoms with E-state index in [1.165, 1.54) is 31.4 Å². The first kappa shape index (κ1) is 21.0. The monoisotopic (exact) mass is 387 g/mol. The first-order valence-corrected chi connectivity index (χ1v) is 8.63. The zero-order valence-corrected chi connectivity index (χ0v) is 15.6. The van der Waals surface area contributed by atoms with Gasteiger partial charge in [-0.3, -0.25) is 4.79 Å². The lowest BCUT2D eigenvalue weighted by Crippen LogP contribution is -2.30. The van der Waals surface area contributed by atoms with Gasteiger partial charge in [-0.2, -0.15) is 0 Å². The molecule has 0 saturated carbocycles. The molecular weight excluding hydrogens is 365 g/mol. The molecule has 6 nitrogen and oxygen atoms in total. The van der Waals surface area contributed by atoms with Crippen molar-refractivity contribution in [1.82, 2.24) is 5.32 Å². The van der Waals surface area contributed by atoms with Gasteiger partial charge in [0.25, 0.3) is 5.91 Å². The predicted molar refractivity (Wildman–Crippen MR) is 102 cm³/mol. The molecule has 2 aromatic rings. The third kappa shape index (κ3) is 6.42. The summed E-state index contributed by atoms with van der Waals surface area (Å²) in [7, 11) is 1.46. The molecule has 0 aliphatic rings. The zero-order valence-electron chi connectivity index (χ0n) is 15.6. The van der Waals surface area contributed by atoms with Crippen LogP contribution in [-0.2, 0) is 16.0 Å². The molecule has 1 N–H and O–H groups in total. The van der Waals surface area contributed by atoms with Crippen LogP contribution in [0.3, 0.4) is 0 Å². The molecule has 0 unspecified atom stereocenters. The fraction of sp³-hybridized carbons (Fsp3) is 0.238. The molecule has 0 atom stereocenters. The van der Waals surface area contributed by atoms with Gasteiger partial charge in [0, 0.05) is 6.54 Å². The number of carbonyl (C=O) groups is 2. The van der Waals surface area contributed by atoms with E-state index in [-0.39, 0.29) is 11.4 Å². The van der Waals surface area contributed by atoms with Crippen LogP contribution in [0.4, 0.5) is 4.39 Å². The Hall–Kier alpha value is -3.35. The fourth-order valence-corrected chi connectivity index (χ4v) is 2.33. The highest BCUT2D eigenvalue weighted by molar-refractivity contribution is 5.92. The zero-order chi connectivity index (χ0) is 20.4. The van der Waals surface area contributed by atoms with Crippen molar-refractivity contribution < 1.29 is 28.2 Å². The number of hydrogen-bond acceptors (Lipinski definition) is 5. The summed E-state index contributed by atoms with van der Waals surface area (Å²) < 4.78 is 28.5. The molecule has 0 aromatic heterocycles. The highest BCUT2D eigenvalue weighted by atomic mass is 19.1. The van der Waals surface area contributed by atoms with E-state index in [4.69, 9.17) is 14.2 Å². The molecule has 0 heterocycles. The van der Waals surface area contributed by atoms with Gasteiger partial charge < -0.3 is 19.5 Å². The van der Waals surface area contributed by atoms with E-state index < -0.39 is 18.5 Å². The number of methoxy groups -OCH3 is 1. The minimum atomic E-state index is -0.651. The van der Waals surface area contributed by atoms with Gasteiger partial charge in [0.2, 0.25) is 0 Å². The van der Waals surface area contributed by atoms with Crippen molar-refractivity contribution in [1.29, 1.82) is 0 Å². The van der Waals surface area contributed by atoms with Gasteiger partial charge >= 0.3 is 5.97 Å². The van der Waals surface area contributed by atoms with Crippen LogP contribution in [0.25, 0.3) is 0 Å². The summed E-state index contributed by atoms with van der Waals surface area (Å²) in [4.78, 5) is 23.9. The second-order valence-corrected chi connectivity index (χ2v) is 5.77. The maximum atomic E-state index is 12.8. The molecule has 0 saturated heterocycles. The second kappa shape index (κ2) is 10.7. The number of nitrogens with one attached hydrogen (secondary N) is 1. The molecule has 0 spiro atoms. The van der Waals surface area contributed by atoms with Gasteiger partial charge in [0.05, 0.1) is 12.7 Å². The summed E-state index contributed by atoms with van der Waals surface area (Å²) in [6, 6.07) is 10.6. The van der Waals surface area contributed by atoms with Crippen LogP contribution in [0.1, 0.15) is 15.9 Å². The Labute approximate surface area is 162 Å². The molecular formula is C21H22FNO5. The Bertz CT molecular complexity index is 820. The first-order chi connectivity index (χ1) is 13.5. The lowest BCUT2D eigenvalue weighted by atomic mass is 10.1. The Balaban J connectivity index is 1.79. The maximum Gasteiger partial charge on any atom is 0.338 e. The summed E-state index contributed by atoms with van der Waals surface area (Å²) in [6.07, 6.45) is 2.14. The summed E-state index contributed by atoms with van der Waals surface area (Å²) in [5, 5.41) is 2.64. The quantitative estimate of drug-likeness (QED) is 0.501. The Morgan fingerprint density at radius 3 is 2.57 bits per heavy atom. The molecule has 2 aromatic carbocycles.